The number of hydrogen-bond acceptors (Lipinski definition) is 2. The number of carboxylic acids is 1. The molecule has 102 valence electrons. The van der Waals surface area contributed by atoms with E-state index in [1.54, 1.807) is 12.1 Å². The van der Waals surface area contributed by atoms with E-state index in [-0.39, 0.29) is 13.0 Å². The van der Waals surface area contributed by atoms with Gasteiger partial charge < -0.3 is 9.84 Å². The zero-order valence-electron chi connectivity index (χ0n) is 11.0. The van der Waals surface area contributed by atoms with Crippen LogP contribution in [0.5, 0.6) is 5.75 Å². The third-order valence-corrected chi connectivity index (χ3v) is 3.50. The summed E-state index contributed by atoms with van der Waals surface area (Å²) >= 11 is 0. The number of allylic oxidation sites excluding steroid dienone is 2. The van der Waals surface area contributed by atoms with E-state index in [1.807, 2.05) is 18.2 Å². The molecule has 0 aliphatic heterocycles. The van der Waals surface area contributed by atoms with Crippen molar-refractivity contribution in [3.05, 3.63) is 42.5 Å². The van der Waals surface area contributed by atoms with Gasteiger partial charge >= 0.3 is 5.97 Å². The maximum absolute atomic E-state index is 10.1. The summed E-state index contributed by atoms with van der Waals surface area (Å²) in [6.07, 6.45) is 9.22. The molecule has 3 nitrogen and oxygen atoms in total. The molecule has 2 aliphatic rings. The van der Waals surface area contributed by atoms with Crippen LogP contribution >= 0.6 is 0 Å². The molecule has 0 saturated heterocycles. The second-order valence-corrected chi connectivity index (χ2v) is 5.02. The number of ether oxygens (including phenoxy) is 1. The fourth-order valence-corrected chi connectivity index (χ4v) is 2.49. The van der Waals surface area contributed by atoms with Gasteiger partial charge in [0.05, 0.1) is 13.0 Å². The van der Waals surface area contributed by atoms with Gasteiger partial charge in [-0.3, -0.25) is 4.79 Å². The van der Waals surface area contributed by atoms with Crippen LogP contribution in [0.15, 0.2) is 42.5 Å². The Morgan fingerprint density at radius 3 is 2.21 bits per heavy atom. The zero-order valence-corrected chi connectivity index (χ0v) is 11.0. The van der Waals surface area contributed by atoms with Gasteiger partial charge in [-0.05, 0) is 43.2 Å². The number of rotatable bonds is 4. The summed E-state index contributed by atoms with van der Waals surface area (Å²) in [6, 6.07) is 9.15. The van der Waals surface area contributed by atoms with E-state index in [2.05, 4.69) is 12.2 Å². The van der Waals surface area contributed by atoms with Gasteiger partial charge in [-0.2, -0.15) is 0 Å². The van der Waals surface area contributed by atoms with Crippen molar-refractivity contribution >= 4 is 5.97 Å². The lowest BCUT2D eigenvalue weighted by atomic mass is 10.1. The van der Waals surface area contributed by atoms with Crippen LogP contribution < -0.4 is 4.74 Å². The van der Waals surface area contributed by atoms with E-state index in [1.165, 1.54) is 19.3 Å². The highest BCUT2D eigenvalue weighted by atomic mass is 16.5. The van der Waals surface area contributed by atoms with Gasteiger partial charge in [0.15, 0.2) is 0 Å². The molecule has 2 aliphatic carbocycles. The van der Waals surface area contributed by atoms with Crippen molar-refractivity contribution in [1.29, 1.82) is 0 Å². The lowest BCUT2D eigenvalue weighted by Crippen LogP contribution is -2.04. The van der Waals surface area contributed by atoms with Crippen LogP contribution in [0.1, 0.15) is 25.7 Å². The first kappa shape index (κ1) is 13.7. The molecule has 1 aromatic carbocycles. The van der Waals surface area contributed by atoms with Crippen LogP contribution in [0.2, 0.25) is 0 Å². The molecule has 1 fully saturated rings. The van der Waals surface area contributed by atoms with Gasteiger partial charge in [-0.1, -0.05) is 30.4 Å². The van der Waals surface area contributed by atoms with Crippen molar-refractivity contribution < 1.29 is 14.6 Å². The van der Waals surface area contributed by atoms with Crippen LogP contribution in [-0.2, 0) is 4.79 Å². The van der Waals surface area contributed by atoms with Gasteiger partial charge in [0.25, 0.3) is 0 Å². The van der Waals surface area contributed by atoms with Gasteiger partial charge in [-0.25, -0.2) is 0 Å². The van der Waals surface area contributed by atoms with Gasteiger partial charge in [0, 0.05) is 0 Å². The molecule has 0 aromatic heterocycles. The fraction of sp³-hybridized carbons (Fsp3) is 0.438. The van der Waals surface area contributed by atoms with Crippen LogP contribution in [0.4, 0.5) is 0 Å². The SMILES string of the molecule is C1=CC2CCC1C2.O=C(O)CCOc1ccccc1. The van der Waals surface area contributed by atoms with Crippen LogP contribution in [0, 0.1) is 11.8 Å². The molecule has 0 heterocycles. The maximum Gasteiger partial charge on any atom is 0.306 e. The first-order chi connectivity index (χ1) is 9.24. The van der Waals surface area contributed by atoms with E-state index in [9.17, 15) is 4.79 Å². The first-order valence-corrected chi connectivity index (χ1v) is 6.82. The second-order valence-electron chi connectivity index (χ2n) is 5.02. The number of aliphatic carboxylic acids is 1. The molecule has 0 radical (unpaired) electrons. The smallest absolute Gasteiger partial charge is 0.306 e. The molecule has 0 spiro atoms. The van der Waals surface area contributed by atoms with Crippen molar-refractivity contribution in [2.75, 3.05) is 6.61 Å². The highest BCUT2D eigenvalue weighted by Gasteiger charge is 2.25. The maximum atomic E-state index is 10.1. The van der Waals surface area contributed by atoms with Crippen molar-refractivity contribution in [3.8, 4) is 5.75 Å². The van der Waals surface area contributed by atoms with E-state index >= 15 is 0 Å². The first-order valence-electron chi connectivity index (χ1n) is 6.82. The molecule has 0 amide bonds. The molecule has 2 unspecified atom stereocenters. The van der Waals surface area contributed by atoms with Crippen LogP contribution in [-0.4, -0.2) is 17.7 Å². The Hall–Kier alpha value is -1.77. The number of para-hydroxylation sites is 1. The summed E-state index contributed by atoms with van der Waals surface area (Å²) in [4.78, 5) is 10.1. The Morgan fingerprint density at radius 2 is 1.79 bits per heavy atom. The number of carbonyl (C=O) groups is 1. The minimum Gasteiger partial charge on any atom is -0.493 e. The molecular formula is C16H20O3. The lowest BCUT2D eigenvalue weighted by molar-refractivity contribution is -0.137. The predicted octanol–water partition coefficient (Wildman–Crippen LogP) is 3.51. The number of fused-ring (bicyclic) bond motifs is 2. The highest BCUT2D eigenvalue weighted by molar-refractivity contribution is 5.66. The standard InChI is InChI=1S/C9H10O3.C7H10/c10-9(11)6-7-12-8-4-2-1-3-5-8;1-2-7-4-3-6(1)5-7/h1-5H,6-7H2,(H,10,11);1-2,6-7H,3-5H2. The van der Waals surface area contributed by atoms with Gasteiger partial charge in [-0.15, -0.1) is 0 Å². The Morgan fingerprint density at radius 1 is 1.16 bits per heavy atom. The monoisotopic (exact) mass is 260 g/mol. The molecule has 2 bridgehead atoms. The van der Waals surface area contributed by atoms with Crippen LogP contribution in [0.3, 0.4) is 0 Å². The van der Waals surface area contributed by atoms with E-state index in [0.717, 1.165) is 11.8 Å². The summed E-state index contributed by atoms with van der Waals surface area (Å²) in [5, 5.41) is 8.31. The summed E-state index contributed by atoms with van der Waals surface area (Å²) in [7, 11) is 0. The summed E-state index contributed by atoms with van der Waals surface area (Å²) < 4.78 is 5.14. The second kappa shape index (κ2) is 6.98. The highest BCUT2D eigenvalue weighted by Crippen LogP contribution is 2.38. The van der Waals surface area contributed by atoms with Crippen molar-refractivity contribution in [2.45, 2.75) is 25.7 Å². The third kappa shape index (κ3) is 4.78. The Balaban J connectivity index is 0.000000159. The third-order valence-electron chi connectivity index (χ3n) is 3.50. The van der Waals surface area contributed by atoms with Crippen molar-refractivity contribution in [3.63, 3.8) is 0 Å². The van der Waals surface area contributed by atoms with E-state index in [4.69, 9.17) is 9.84 Å². The average molecular weight is 260 g/mol. The van der Waals surface area contributed by atoms with Gasteiger partial charge in [0.1, 0.15) is 5.75 Å². The molecular weight excluding hydrogens is 240 g/mol. The Kier molecular flexibility index (Phi) is 5.01. The Bertz CT molecular complexity index is 413. The summed E-state index contributed by atoms with van der Waals surface area (Å²) in [5.74, 6) is 1.85. The van der Waals surface area contributed by atoms with Crippen LogP contribution in [0.25, 0.3) is 0 Å². The normalized spacial score (nSPS) is 22.7. The van der Waals surface area contributed by atoms with Crippen molar-refractivity contribution in [1.82, 2.24) is 0 Å². The van der Waals surface area contributed by atoms with Gasteiger partial charge in [0.2, 0.25) is 0 Å². The molecule has 1 N–H and O–H groups in total. The molecule has 1 saturated carbocycles. The lowest BCUT2D eigenvalue weighted by Gasteiger charge is -2.02. The molecule has 1 aromatic rings. The molecule has 19 heavy (non-hydrogen) atoms. The zero-order chi connectivity index (χ0) is 13.5. The molecule has 2 atom stereocenters. The predicted molar refractivity (Wildman–Crippen MR) is 74.2 cm³/mol. The van der Waals surface area contributed by atoms with E-state index < -0.39 is 5.97 Å². The fourth-order valence-electron chi connectivity index (χ4n) is 2.49. The minimum atomic E-state index is -0.842. The van der Waals surface area contributed by atoms with Crippen molar-refractivity contribution in [2.24, 2.45) is 11.8 Å². The molecule has 3 rings (SSSR count). The number of benzene rings is 1. The quantitative estimate of drug-likeness (QED) is 0.843. The summed E-state index contributed by atoms with van der Waals surface area (Å²) in [5.41, 5.74) is 0. The molecule has 3 heteroatoms. The number of carboxylic acid groups (broad SMARTS) is 1. The number of hydrogen-bond donors (Lipinski definition) is 1. The van der Waals surface area contributed by atoms with E-state index in [0.29, 0.717) is 5.75 Å². The summed E-state index contributed by atoms with van der Waals surface area (Å²) in [6.45, 7) is 0.222. The largest absolute Gasteiger partial charge is 0.493 e. The Labute approximate surface area is 113 Å². The average Bonchev–Trinajstić information content (AvgIpc) is 3.05. The topological polar surface area (TPSA) is 46.5 Å². The minimum absolute atomic E-state index is 0.0366.